The van der Waals surface area contributed by atoms with Crippen LogP contribution in [0, 0.1) is 5.92 Å². The zero-order chi connectivity index (χ0) is 41.5. The molecule has 0 aromatic carbocycles. The maximum Gasteiger partial charge on any atom is 0.187 e. The molecule has 18 N–H and O–H groups in total. The van der Waals surface area contributed by atoms with Crippen LogP contribution in [0.4, 0.5) is 0 Å². The van der Waals surface area contributed by atoms with Gasteiger partial charge in [0.25, 0.3) is 0 Å². The highest BCUT2D eigenvalue weighted by atomic mass is 16.8. The minimum absolute atomic E-state index is 0.764. The fourth-order valence-corrected chi connectivity index (χ4v) is 7.71. The number of hydrogen-bond acceptors (Lipinski definition) is 25. The maximum absolute atomic E-state index is 11.1. The molecule has 5 aliphatic rings. The number of aliphatic hydroxyl groups excluding tert-OH is 17. The van der Waals surface area contributed by atoms with Gasteiger partial charge in [0, 0.05) is 5.92 Å². The van der Waals surface area contributed by atoms with Gasteiger partial charge in [0.05, 0.1) is 56.8 Å². The molecule has 1 aliphatic carbocycles. The van der Waals surface area contributed by atoms with Gasteiger partial charge in [-0.1, -0.05) is 0 Å². The highest BCUT2D eigenvalue weighted by Crippen LogP contribution is 2.35. The van der Waals surface area contributed by atoms with E-state index in [-0.39, 0.29) is 0 Å². The summed E-state index contributed by atoms with van der Waals surface area (Å²) in [6.07, 6.45) is -40.8. The van der Waals surface area contributed by atoms with Crippen LogP contribution < -0.4 is 5.32 Å². The summed E-state index contributed by atoms with van der Waals surface area (Å²) in [5.74, 6) is -1.28. The number of aliphatic hydroxyl groups is 17. The Labute approximate surface area is 318 Å². The fourth-order valence-electron chi connectivity index (χ4n) is 7.71. The number of ether oxygens (including phenoxy) is 7. The second kappa shape index (κ2) is 19.1. The molecule has 56 heavy (non-hydrogen) atoms. The van der Waals surface area contributed by atoms with Crippen molar-refractivity contribution in [2.75, 3.05) is 26.4 Å². The van der Waals surface area contributed by atoms with Crippen LogP contribution >= 0.6 is 0 Å². The van der Waals surface area contributed by atoms with E-state index in [2.05, 4.69) is 5.32 Å². The lowest BCUT2D eigenvalue weighted by Gasteiger charge is -2.50. The first kappa shape index (κ1) is 46.1. The Kier molecular flexibility index (Phi) is 15.8. The van der Waals surface area contributed by atoms with Gasteiger partial charge in [0.15, 0.2) is 25.2 Å². The quantitative estimate of drug-likeness (QED) is 0.0868. The molecule has 328 valence electrons. The van der Waals surface area contributed by atoms with E-state index in [1.807, 2.05) is 0 Å². The van der Waals surface area contributed by atoms with Gasteiger partial charge in [0.1, 0.15) is 97.7 Å². The van der Waals surface area contributed by atoms with Crippen LogP contribution in [0.15, 0.2) is 0 Å². The number of hydrogen-bond donors (Lipinski definition) is 18. The van der Waals surface area contributed by atoms with Crippen molar-refractivity contribution in [3.05, 3.63) is 0 Å². The van der Waals surface area contributed by atoms with Crippen LogP contribution in [0.2, 0.25) is 0 Å². The van der Waals surface area contributed by atoms with Gasteiger partial charge >= 0.3 is 0 Å². The van der Waals surface area contributed by atoms with Crippen LogP contribution in [-0.4, -0.2) is 266 Å². The Morgan fingerprint density at radius 3 is 1.23 bits per heavy atom. The molecule has 4 saturated heterocycles. The third-order valence-electron chi connectivity index (χ3n) is 11.1. The molecule has 0 aromatic heterocycles. The normalized spacial score (nSPS) is 54.5. The molecule has 4 aliphatic heterocycles. The summed E-state index contributed by atoms with van der Waals surface area (Å²) in [5, 5.41) is 180. The minimum atomic E-state index is -2.07. The zero-order valence-corrected chi connectivity index (χ0v) is 29.8. The summed E-state index contributed by atoms with van der Waals surface area (Å²) < 4.78 is 38.7. The molecule has 0 radical (unpaired) electrons. The third-order valence-corrected chi connectivity index (χ3v) is 11.1. The van der Waals surface area contributed by atoms with Crippen molar-refractivity contribution in [3.8, 4) is 0 Å². The predicted octanol–water partition coefficient (Wildman–Crippen LogP) is -11.7. The average Bonchev–Trinajstić information content (AvgIpc) is 3.18. The molecule has 5 rings (SSSR count). The standard InChI is InChI=1S/C31H55NO24/c1-6-11(32-12-13(37)7(2-33)14(38)17(41)16(12)40)15(39)22(46)29(50-6)54-26-9(4-35)52-31(23(47)19(26)43)56-27-10(5-36)53-30(24(48)20(27)44)55-25-8(3-34)51-28(49)21(45)18(25)42/h6-49H,2-5H2,1H3. The lowest BCUT2D eigenvalue weighted by Crippen LogP contribution is -2.72. The second-order valence-electron chi connectivity index (χ2n) is 14.7. The molecule has 25 nitrogen and oxygen atoms in total. The van der Waals surface area contributed by atoms with Gasteiger partial charge in [0.2, 0.25) is 0 Å². The summed E-state index contributed by atoms with van der Waals surface area (Å²) in [6.45, 7) is -2.06. The molecule has 26 atom stereocenters. The molecule has 0 bridgehead atoms. The van der Waals surface area contributed by atoms with Crippen LogP contribution in [0.5, 0.6) is 0 Å². The Hall–Kier alpha value is -1.00. The molecule has 0 aromatic rings. The monoisotopic (exact) mass is 825 g/mol. The SMILES string of the molecule is CC1OC(OC2C(CO)OC(OC3C(CO)OC(OC4C(CO)OC(O)C(O)C4O)C(O)C3O)C(O)C2O)C(O)C(O)C1NC1C(O)C(O)C(O)C(CO)C1O. The van der Waals surface area contributed by atoms with Crippen molar-refractivity contribution in [1.82, 2.24) is 5.32 Å². The van der Waals surface area contributed by atoms with Gasteiger partial charge in [-0.3, -0.25) is 0 Å². The maximum atomic E-state index is 11.1. The molecular formula is C31H55NO24. The van der Waals surface area contributed by atoms with Crippen molar-refractivity contribution in [2.24, 2.45) is 5.92 Å². The minimum Gasteiger partial charge on any atom is -0.396 e. The summed E-state index contributed by atoms with van der Waals surface area (Å²) >= 11 is 0. The molecule has 1 saturated carbocycles. The summed E-state index contributed by atoms with van der Waals surface area (Å²) in [6, 6.07) is -2.70. The Bertz CT molecular complexity index is 1220. The van der Waals surface area contributed by atoms with Crippen molar-refractivity contribution >= 4 is 0 Å². The van der Waals surface area contributed by atoms with Gasteiger partial charge < -0.3 is 125 Å². The topological polar surface area (TPSA) is 421 Å². The van der Waals surface area contributed by atoms with E-state index < -0.39 is 186 Å². The third kappa shape index (κ3) is 8.89. The zero-order valence-electron chi connectivity index (χ0n) is 29.8. The van der Waals surface area contributed by atoms with Gasteiger partial charge in [-0.15, -0.1) is 0 Å². The Balaban J connectivity index is 1.22. The van der Waals surface area contributed by atoms with Crippen LogP contribution in [0.1, 0.15) is 6.92 Å². The van der Waals surface area contributed by atoms with E-state index >= 15 is 0 Å². The highest BCUT2D eigenvalue weighted by Gasteiger charge is 2.56. The van der Waals surface area contributed by atoms with E-state index in [1.54, 1.807) is 0 Å². The van der Waals surface area contributed by atoms with Gasteiger partial charge in [-0.25, -0.2) is 0 Å². The highest BCUT2D eigenvalue weighted by molar-refractivity contribution is 5.05. The number of nitrogens with one attached hydrogen (secondary N) is 1. The predicted molar refractivity (Wildman–Crippen MR) is 172 cm³/mol. The van der Waals surface area contributed by atoms with Crippen LogP contribution in [-0.2, 0) is 33.2 Å². The second-order valence-corrected chi connectivity index (χ2v) is 14.7. The summed E-state index contributed by atoms with van der Waals surface area (Å²) in [5.41, 5.74) is 0. The first-order valence-corrected chi connectivity index (χ1v) is 18.0. The van der Waals surface area contributed by atoms with Crippen molar-refractivity contribution < 1.29 is 120 Å². The molecule has 26 unspecified atom stereocenters. The van der Waals surface area contributed by atoms with Crippen LogP contribution in [0.3, 0.4) is 0 Å². The largest absolute Gasteiger partial charge is 0.396 e. The lowest BCUT2D eigenvalue weighted by molar-refractivity contribution is -0.385. The molecule has 4 heterocycles. The fraction of sp³-hybridized carbons (Fsp3) is 1.00. The molecule has 0 amide bonds. The smallest absolute Gasteiger partial charge is 0.187 e. The summed E-state index contributed by atoms with van der Waals surface area (Å²) in [7, 11) is 0. The van der Waals surface area contributed by atoms with Crippen molar-refractivity contribution in [2.45, 2.75) is 160 Å². The number of rotatable bonds is 12. The Morgan fingerprint density at radius 2 is 0.786 bits per heavy atom. The van der Waals surface area contributed by atoms with E-state index in [9.17, 15) is 86.8 Å². The average molecular weight is 826 g/mol. The Morgan fingerprint density at radius 1 is 0.393 bits per heavy atom. The van der Waals surface area contributed by atoms with Crippen LogP contribution in [0.25, 0.3) is 0 Å². The van der Waals surface area contributed by atoms with E-state index in [0.29, 0.717) is 0 Å². The van der Waals surface area contributed by atoms with Crippen molar-refractivity contribution in [1.29, 1.82) is 0 Å². The summed E-state index contributed by atoms with van der Waals surface area (Å²) in [4.78, 5) is 0. The van der Waals surface area contributed by atoms with E-state index in [4.69, 9.17) is 33.2 Å². The molecular weight excluding hydrogens is 770 g/mol. The first-order chi connectivity index (χ1) is 26.4. The van der Waals surface area contributed by atoms with Crippen molar-refractivity contribution in [3.63, 3.8) is 0 Å². The first-order valence-electron chi connectivity index (χ1n) is 18.0. The molecule has 0 spiro atoms. The lowest BCUT2D eigenvalue weighted by atomic mass is 9.76. The molecule has 5 fully saturated rings. The van der Waals surface area contributed by atoms with Gasteiger partial charge in [-0.05, 0) is 6.92 Å². The molecule has 25 heteroatoms. The van der Waals surface area contributed by atoms with E-state index in [0.717, 1.165) is 0 Å². The van der Waals surface area contributed by atoms with E-state index in [1.165, 1.54) is 6.92 Å². The van der Waals surface area contributed by atoms with Gasteiger partial charge in [-0.2, -0.15) is 0 Å².